The number of nitrogens with one attached hydrogen (secondary N) is 2. The minimum absolute atomic E-state index is 0.00307. The lowest BCUT2D eigenvalue weighted by Gasteiger charge is -2.06. The molecule has 2 rings (SSSR count). The first-order chi connectivity index (χ1) is 9.15. The van der Waals surface area contributed by atoms with E-state index in [1.807, 2.05) is 5.38 Å². The van der Waals surface area contributed by atoms with Gasteiger partial charge in [0.05, 0.1) is 6.54 Å². The van der Waals surface area contributed by atoms with E-state index in [9.17, 15) is 9.59 Å². The van der Waals surface area contributed by atoms with E-state index in [2.05, 4.69) is 15.6 Å². The number of anilines is 2. The smallest absolute Gasteiger partial charge is 0.243 e. The molecule has 5 nitrogen and oxygen atoms in total. The first-order valence-electron chi connectivity index (χ1n) is 5.69. The molecule has 2 N–H and O–H groups in total. The second kappa shape index (κ2) is 6.10. The number of nitrogens with zero attached hydrogens (tertiary/aromatic N) is 1. The van der Waals surface area contributed by atoms with Gasteiger partial charge in [0.1, 0.15) is 0 Å². The number of carbonyl (C=O) groups is 2. The summed E-state index contributed by atoms with van der Waals surface area (Å²) in [6.07, 6.45) is 1.67. The van der Waals surface area contributed by atoms with E-state index in [1.54, 1.807) is 30.5 Å². The average Bonchev–Trinajstić information content (AvgIpc) is 2.90. The first kappa shape index (κ1) is 13.2. The summed E-state index contributed by atoms with van der Waals surface area (Å²) in [7, 11) is 0. The number of hydrogen-bond acceptors (Lipinski definition) is 5. The van der Waals surface area contributed by atoms with Crippen LogP contribution < -0.4 is 10.6 Å². The Labute approximate surface area is 114 Å². The van der Waals surface area contributed by atoms with Gasteiger partial charge in [-0.3, -0.25) is 9.59 Å². The van der Waals surface area contributed by atoms with Crippen LogP contribution in [0.4, 0.5) is 10.8 Å². The third kappa shape index (κ3) is 3.89. The van der Waals surface area contributed by atoms with Crippen LogP contribution in [0.2, 0.25) is 0 Å². The number of thiazole rings is 1. The van der Waals surface area contributed by atoms with Crippen LogP contribution in [-0.2, 0) is 4.79 Å². The zero-order valence-corrected chi connectivity index (χ0v) is 11.2. The minimum Gasteiger partial charge on any atom is -0.352 e. The zero-order chi connectivity index (χ0) is 13.7. The molecule has 0 fully saturated rings. The van der Waals surface area contributed by atoms with Crippen molar-refractivity contribution in [3.8, 4) is 0 Å². The van der Waals surface area contributed by atoms with Crippen molar-refractivity contribution in [3.63, 3.8) is 0 Å². The van der Waals surface area contributed by atoms with E-state index in [1.165, 1.54) is 18.3 Å². The number of amides is 1. The predicted molar refractivity (Wildman–Crippen MR) is 75.7 cm³/mol. The van der Waals surface area contributed by atoms with Gasteiger partial charge in [0.25, 0.3) is 0 Å². The average molecular weight is 275 g/mol. The van der Waals surface area contributed by atoms with Crippen molar-refractivity contribution >= 4 is 33.8 Å². The van der Waals surface area contributed by atoms with Crippen molar-refractivity contribution in [2.24, 2.45) is 0 Å². The van der Waals surface area contributed by atoms with E-state index < -0.39 is 0 Å². The normalized spacial score (nSPS) is 9.95. The third-order valence-corrected chi connectivity index (χ3v) is 3.14. The fourth-order valence-electron chi connectivity index (χ4n) is 1.46. The number of hydrogen-bond donors (Lipinski definition) is 2. The van der Waals surface area contributed by atoms with Crippen molar-refractivity contribution in [2.75, 3.05) is 17.2 Å². The van der Waals surface area contributed by atoms with Gasteiger partial charge in [-0.25, -0.2) is 4.98 Å². The Morgan fingerprint density at radius 3 is 2.58 bits per heavy atom. The lowest BCUT2D eigenvalue weighted by atomic mass is 10.1. The second-order valence-electron chi connectivity index (χ2n) is 3.87. The molecule has 0 saturated heterocycles. The maximum absolute atomic E-state index is 11.7. The Balaban J connectivity index is 1.86. The number of ketones is 1. The maximum Gasteiger partial charge on any atom is 0.243 e. The van der Waals surface area contributed by atoms with E-state index >= 15 is 0 Å². The molecule has 0 radical (unpaired) electrons. The van der Waals surface area contributed by atoms with E-state index in [-0.39, 0.29) is 18.2 Å². The Kier molecular flexibility index (Phi) is 4.25. The molecule has 6 heteroatoms. The van der Waals surface area contributed by atoms with Crippen molar-refractivity contribution in [1.29, 1.82) is 0 Å². The van der Waals surface area contributed by atoms with E-state index in [0.29, 0.717) is 16.4 Å². The van der Waals surface area contributed by atoms with Gasteiger partial charge in [0.2, 0.25) is 5.91 Å². The molecule has 0 aliphatic heterocycles. The molecule has 1 heterocycles. The summed E-state index contributed by atoms with van der Waals surface area (Å²) in [6, 6.07) is 6.79. The Bertz CT molecular complexity index is 564. The number of Topliss-reactive ketones (excluding diaryl/α,β-unsaturated/α-hetero) is 1. The van der Waals surface area contributed by atoms with Crippen molar-refractivity contribution in [2.45, 2.75) is 6.92 Å². The lowest BCUT2D eigenvalue weighted by molar-refractivity contribution is -0.114. The highest BCUT2D eigenvalue weighted by Gasteiger charge is 2.04. The van der Waals surface area contributed by atoms with Crippen LogP contribution in [0.1, 0.15) is 17.3 Å². The van der Waals surface area contributed by atoms with Gasteiger partial charge in [-0.05, 0) is 31.2 Å². The largest absolute Gasteiger partial charge is 0.352 e. The van der Waals surface area contributed by atoms with Crippen LogP contribution >= 0.6 is 11.3 Å². The van der Waals surface area contributed by atoms with Gasteiger partial charge in [0.15, 0.2) is 10.9 Å². The maximum atomic E-state index is 11.7. The highest BCUT2D eigenvalue weighted by molar-refractivity contribution is 7.13. The fraction of sp³-hybridized carbons (Fsp3) is 0.154. The summed E-state index contributed by atoms with van der Waals surface area (Å²) < 4.78 is 0. The molecule has 0 saturated carbocycles. The number of carbonyl (C=O) groups excluding carboxylic acids is 2. The summed E-state index contributed by atoms with van der Waals surface area (Å²) in [5.74, 6) is -0.158. The van der Waals surface area contributed by atoms with Crippen LogP contribution in [-0.4, -0.2) is 23.2 Å². The van der Waals surface area contributed by atoms with Crippen molar-refractivity contribution in [3.05, 3.63) is 41.4 Å². The van der Waals surface area contributed by atoms with Crippen LogP contribution in [0.5, 0.6) is 0 Å². The summed E-state index contributed by atoms with van der Waals surface area (Å²) in [4.78, 5) is 26.8. The van der Waals surface area contributed by atoms with Crippen LogP contribution in [0.3, 0.4) is 0 Å². The van der Waals surface area contributed by atoms with Gasteiger partial charge in [-0.2, -0.15) is 0 Å². The molecule has 0 bridgehead atoms. The lowest BCUT2D eigenvalue weighted by Crippen LogP contribution is -2.21. The summed E-state index contributed by atoms with van der Waals surface area (Å²) in [5, 5.41) is 8.19. The molecular weight excluding hydrogens is 262 g/mol. The Hall–Kier alpha value is -2.21. The topological polar surface area (TPSA) is 71.1 Å². The van der Waals surface area contributed by atoms with E-state index in [4.69, 9.17) is 0 Å². The van der Waals surface area contributed by atoms with Gasteiger partial charge in [0, 0.05) is 22.8 Å². The molecule has 0 spiro atoms. The second-order valence-corrected chi connectivity index (χ2v) is 4.77. The van der Waals surface area contributed by atoms with Crippen molar-refractivity contribution in [1.82, 2.24) is 4.98 Å². The molecule has 19 heavy (non-hydrogen) atoms. The molecule has 1 amide bonds. The molecule has 1 aromatic carbocycles. The summed E-state index contributed by atoms with van der Waals surface area (Å²) >= 11 is 1.44. The molecule has 0 atom stereocenters. The molecule has 0 unspecified atom stereocenters. The zero-order valence-electron chi connectivity index (χ0n) is 10.3. The fourth-order valence-corrected chi connectivity index (χ4v) is 1.99. The first-order valence-corrected chi connectivity index (χ1v) is 6.57. The molecular formula is C13H13N3O2S. The Morgan fingerprint density at radius 1 is 1.26 bits per heavy atom. The standard InChI is InChI=1S/C13H13N3O2S/c1-9(17)10-2-4-11(5-3-10)16-12(18)8-15-13-14-6-7-19-13/h2-7H,8H2,1H3,(H,14,15)(H,16,18). The molecule has 2 aromatic rings. The number of benzene rings is 1. The molecule has 98 valence electrons. The summed E-state index contributed by atoms with van der Waals surface area (Å²) in [5.41, 5.74) is 1.29. The van der Waals surface area contributed by atoms with Gasteiger partial charge in [-0.1, -0.05) is 0 Å². The monoisotopic (exact) mass is 275 g/mol. The van der Waals surface area contributed by atoms with Gasteiger partial charge < -0.3 is 10.6 Å². The number of aromatic nitrogens is 1. The van der Waals surface area contributed by atoms with Crippen LogP contribution in [0.25, 0.3) is 0 Å². The molecule has 0 aliphatic carbocycles. The predicted octanol–water partition coefficient (Wildman–Crippen LogP) is 2.40. The quantitative estimate of drug-likeness (QED) is 0.822. The van der Waals surface area contributed by atoms with Crippen LogP contribution in [0, 0.1) is 0 Å². The molecule has 0 aliphatic rings. The minimum atomic E-state index is -0.161. The van der Waals surface area contributed by atoms with Crippen LogP contribution in [0.15, 0.2) is 35.8 Å². The van der Waals surface area contributed by atoms with Crippen molar-refractivity contribution < 1.29 is 9.59 Å². The van der Waals surface area contributed by atoms with Gasteiger partial charge >= 0.3 is 0 Å². The highest BCUT2D eigenvalue weighted by atomic mass is 32.1. The summed E-state index contributed by atoms with van der Waals surface area (Å²) in [6.45, 7) is 1.66. The van der Waals surface area contributed by atoms with E-state index in [0.717, 1.165) is 0 Å². The molecule has 1 aromatic heterocycles. The Morgan fingerprint density at radius 2 is 2.00 bits per heavy atom. The third-order valence-electron chi connectivity index (χ3n) is 2.41. The van der Waals surface area contributed by atoms with Gasteiger partial charge in [-0.15, -0.1) is 11.3 Å². The highest BCUT2D eigenvalue weighted by Crippen LogP contribution is 2.11. The SMILES string of the molecule is CC(=O)c1ccc(NC(=O)CNc2nccs2)cc1. The number of rotatable bonds is 5.